The first-order chi connectivity index (χ1) is 13.1. The Labute approximate surface area is 156 Å². The van der Waals surface area contributed by atoms with Gasteiger partial charge in [0.25, 0.3) is 0 Å². The monoisotopic (exact) mass is 361 g/mol. The van der Waals surface area contributed by atoms with E-state index in [0.717, 1.165) is 22.2 Å². The van der Waals surface area contributed by atoms with E-state index in [-0.39, 0.29) is 6.03 Å². The fourth-order valence-electron chi connectivity index (χ4n) is 3.10. The molecule has 0 radical (unpaired) electrons. The molecule has 0 aliphatic carbocycles. The Hall–Kier alpha value is -3.41. The van der Waals surface area contributed by atoms with Crippen LogP contribution in [0.15, 0.2) is 60.8 Å². The van der Waals surface area contributed by atoms with Crippen molar-refractivity contribution in [1.29, 1.82) is 0 Å². The van der Waals surface area contributed by atoms with Crippen LogP contribution in [0.5, 0.6) is 0 Å². The molecule has 1 N–H and O–H groups in total. The number of rotatable bonds is 4. The number of urea groups is 1. The van der Waals surface area contributed by atoms with Gasteiger partial charge in [-0.3, -0.25) is 9.88 Å². The van der Waals surface area contributed by atoms with Gasteiger partial charge < -0.3 is 10.1 Å². The summed E-state index contributed by atoms with van der Waals surface area (Å²) in [6.45, 7) is 3.07. The van der Waals surface area contributed by atoms with Crippen LogP contribution in [0.2, 0.25) is 0 Å². The molecule has 1 aliphatic rings. The highest BCUT2D eigenvalue weighted by Gasteiger charge is 2.21. The summed E-state index contributed by atoms with van der Waals surface area (Å²) in [5.41, 5.74) is 2.95. The zero-order valence-corrected chi connectivity index (χ0v) is 14.9. The predicted octanol–water partition coefficient (Wildman–Crippen LogP) is 3.68. The number of para-hydroxylation sites is 1. The van der Waals surface area contributed by atoms with Gasteiger partial charge in [0.1, 0.15) is 6.10 Å². The van der Waals surface area contributed by atoms with Crippen molar-refractivity contribution < 1.29 is 14.3 Å². The third kappa shape index (κ3) is 3.46. The van der Waals surface area contributed by atoms with Crippen LogP contribution >= 0.6 is 0 Å². The molecule has 2 amide bonds. The van der Waals surface area contributed by atoms with Gasteiger partial charge in [-0.2, -0.15) is 0 Å². The number of carbonyl (C=O) groups is 2. The van der Waals surface area contributed by atoms with Crippen molar-refractivity contribution in [1.82, 2.24) is 10.3 Å². The molecule has 0 saturated carbocycles. The minimum absolute atomic E-state index is 0.122. The van der Waals surface area contributed by atoms with Crippen LogP contribution < -0.4 is 10.2 Å². The van der Waals surface area contributed by atoms with Crippen molar-refractivity contribution >= 4 is 28.6 Å². The lowest BCUT2D eigenvalue weighted by Crippen LogP contribution is -2.27. The van der Waals surface area contributed by atoms with Gasteiger partial charge in [-0.05, 0) is 43.3 Å². The molecule has 136 valence electrons. The van der Waals surface area contributed by atoms with Crippen LogP contribution in [-0.2, 0) is 4.74 Å². The molecule has 1 aromatic heterocycles. The van der Waals surface area contributed by atoms with Gasteiger partial charge in [0.05, 0.1) is 11.1 Å². The van der Waals surface area contributed by atoms with Gasteiger partial charge in [-0.25, -0.2) is 9.59 Å². The van der Waals surface area contributed by atoms with Crippen molar-refractivity contribution in [2.75, 3.05) is 18.0 Å². The van der Waals surface area contributed by atoms with Crippen LogP contribution in [0, 0.1) is 0 Å². The summed E-state index contributed by atoms with van der Waals surface area (Å²) in [7, 11) is 0. The zero-order valence-electron chi connectivity index (χ0n) is 14.9. The number of aromatic nitrogens is 1. The van der Waals surface area contributed by atoms with Gasteiger partial charge >= 0.3 is 12.0 Å². The molecule has 2 heterocycles. The van der Waals surface area contributed by atoms with Crippen LogP contribution in [0.4, 0.5) is 10.5 Å². The highest BCUT2D eigenvalue weighted by atomic mass is 16.5. The third-order valence-corrected chi connectivity index (χ3v) is 4.64. The summed E-state index contributed by atoms with van der Waals surface area (Å²) in [5, 5.41) is 3.76. The maximum Gasteiger partial charge on any atom is 0.338 e. The van der Waals surface area contributed by atoms with Crippen molar-refractivity contribution in [2.45, 2.75) is 13.0 Å². The lowest BCUT2D eigenvalue weighted by atomic mass is 10.1. The lowest BCUT2D eigenvalue weighted by molar-refractivity contribution is 0.0337. The van der Waals surface area contributed by atoms with Crippen LogP contribution in [0.25, 0.3) is 10.9 Å². The molecule has 1 atom stereocenters. The van der Waals surface area contributed by atoms with Crippen LogP contribution in [0.3, 0.4) is 0 Å². The zero-order chi connectivity index (χ0) is 18.8. The van der Waals surface area contributed by atoms with Crippen LogP contribution in [0.1, 0.15) is 28.9 Å². The molecule has 1 saturated heterocycles. The molecule has 6 nitrogen and oxygen atoms in total. The van der Waals surface area contributed by atoms with Crippen LogP contribution in [-0.4, -0.2) is 30.1 Å². The summed E-state index contributed by atoms with van der Waals surface area (Å²) in [5.74, 6) is -0.409. The minimum Gasteiger partial charge on any atom is -0.454 e. The van der Waals surface area contributed by atoms with E-state index >= 15 is 0 Å². The van der Waals surface area contributed by atoms with Crippen molar-refractivity contribution in [3.8, 4) is 0 Å². The molecular formula is C21H19N3O3. The molecule has 4 rings (SSSR count). The Morgan fingerprint density at radius 1 is 1.19 bits per heavy atom. The predicted molar refractivity (Wildman–Crippen MR) is 103 cm³/mol. The number of carbonyl (C=O) groups excluding carboxylic acids is 2. The molecule has 6 heteroatoms. The van der Waals surface area contributed by atoms with Gasteiger partial charge in [-0.1, -0.05) is 18.2 Å². The molecule has 3 aromatic rings. The Bertz CT molecular complexity index is 1000. The number of hydrogen-bond acceptors (Lipinski definition) is 4. The molecule has 0 unspecified atom stereocenters. The van der Waals surface area contributed by atoms with E-state index in [2.05, 4.69) is 10.3 Å². The minimum atomic E-state index is -0.418. The first-order valence-electron chi connectivity index (χ1n) is 8.83. The second-order valence-electron chi connectivity index (χ2n) is 6.44. The van der Waals surface area contributed by atoms with Gasteiger partial charge in [0.15, 0.2) is 0 Å². The average molecular weight is 361 g/mol. The second-order valence-corrected chi connectivity index (χ2v) is 6.44. The normalized spacial score (nSPS) is 14.9. The van der Waals surface area contributed by atoms with E-state index in [1.54, 1.807) is 35.4 Å². The first-order valence-corrected chi connectivity index (χ1v) is 8.83. The van der Waals surface area contributed by atoms with E-state index in [4.69, 9.17) is 4.74 Å². The van der Waals surface area contributed by atoms with E-state index in [9.17, 15) is 9.59 Å². The number of nitrogens with one attached hydrogen (secondary N) is 1. The van der Waals surface area contributed by atoms with Crippen molar-refractivity contribution in [2.24, 2.45) is 0 Å². The summed E-state index contributed by atoms with van der Waals surface area (Å²) in [6.07, 6.45) is 1.31. The maximum atomic E-state index is 12.5. The summed E-state index contributed by atoms with van der Waals surface area (Å²) in [4.78, 5) is 30.2. The molecule has 0 spiro atoms. The van der Waals surface area contributed by atoms with E-state index in [1.807, 2.05) is 37.3 Å². The largest absolute Gasteiger partial charge is 0.454 e. The van der Waals surface area contributed by atoms with Crippen molar-refractivity contribution in [3.63, 3.8) is 0 Å². The van der Waals surface area contributed by atoms with E-state index in [1.165, 1.54) is 0 Å². The Morgan fingerprint density at radius 2 is 1.96 bits per heavy atom. The average Bonchev–Trinajstić information content (AvgIpc) is 3.13. The number of nitrogens with zero attached hydrogens (tertiary/aromatic N) is 2. The first kappa shape index (κ1) is 17.0. The number of anilines is 1. The number of pyridine rings is 1. The third-order valence-electron chi connectivity index (χ3n) is 4.64. The summed E-state index contributed by atoms with van der Waals surface area (Å²) >= 11 is 0. The highest BCUT2D eigenvalue weighted by molar-refractivity contribution is 5.95. The molecule has 0 bridgehead atoms. The molecule has 27 heavy (non-hydrogen) atoms. The Balaban J connectivity index is 1.46. The van der Waals surface area contributed by atoms with Crippen molar-refractivity contribution in [3.05, 3.63) is 71.9 Å². The molecule has 1 aliphatic heterocycles. The number of amides is 2. The van der Waals surface area contributed by atoms with E-state index in [0.29, 0.717) is 18.7 Å². The lowest BCUT2D eigenvalue weighted by Gasteiger charge is -2.16. The smallest absolute Gasteiger partial charge is 0.338 e. The van der Waals surface area contributed by atoms with Gasteiger partial charge in [-0.15, -0.1) is 0 Å². The quantitative estimate of drug-likeness (QED) is 0.720. The van der Waals surface area contributed by atoms with Gasteiger partial charge in [0, 0.05) is 35.9 Å². The highest BCUT2D eigenvalue weighted by Crippen LogP contribution is 2.23. The summed E-state index contributed by atoms with van der Waals surface area (Å²) < 4.78 is 5.59. The molecular weight excluding hydrogens is 342 g/mol. The standard InChI is InChI=1S/C21H19N3O3/c1-14(17-12-16-4-2-3-5-19(16)23-13-17)27-20(25)15-6-8-18(9-7-15)24-11-10-22-21(24)26/h2-9,12-14H,10-11H2,1H3,(H,22,26)/t14-/m0/s1. The molecule has 2 aromatic carbocycles. The second kappa shape index (κ2) is 7.07. The SMILES string of the molecule is C[C@H](OC(=O)c1ccc(N2CCNC2=O)cc1)c1cnc2ccccc2c1. The fraction of sp³-hybridized carbons (Fsp3) is 0.190. The van der Waals surface area contributed by atoms with Gasteiger partial charge in [0.2, 0.25) is 0 Å². The number of ether oxygens (including phenoxy) is 1. The molecule has 1 fully saturated rings. The number of hydrogen-bond donors (Lipinski definition) is 1. The maximum absolute atomic E-state index is 12.5. The fourth-order valence-corrected chi connectivity index (χ4v) is 3.10. The number of esters is 1. The van der Waals surface area contributed by atoms with E-state index < -0.39 is 12.1 Å². The summed E-state index contributed by atoms with van der Waals surface area (Å²) in [6, 6.07) is 16.5. The number of benzene rings is 2. The Kier molecular flexibility index (Phi) is 4.46. The Morgan fingerprint density at radius 3 is 2.70 bits per heavy atom. The topological polar surface area (TPSA) is 71.5 Å². The number of fused-ring (bicyclic) bond motifs is 1.